The van der Waals surface area contributed by atoms with E-state index in [1.54, 1.807) is 0 Å². The van der Waals surface area contributed by atoms with Gasteiger partial charge in [-0.2, -0.15) is 0 Å². The van der Waals surface area contributed by atoms with E-state index in [-0.39, 0.29) is 23.5 Å². The number of nitrogens with one attached hydrogen (secondary N) is 1. The Morgan fingerprint density at radius 1 is 1.42 bits per heavy atom. The Hall–Kier alpha value is -1.01. The molecule has 0 aliphatic carbocycles. The fourth-order valence-corrected chi connectivity index (χ4v) is 4.43. The molecular weight excluding hydrogens is 272 g/mol. The van der Waals surface area contributed by atoms with Gasteiger partial charge in [-0.05, 0) is 24.9 Å². The van der Waals surface area contributed by atoms with Crippen molar-refractivity contribution in [3.05, 3.63) is 35.4 Å². The highest BCUT2D eigenvalue weighted by Crippen LogP contribution is 2.32. The third-order valence-electron chi connectivity index (χ3n) is 3.46. The van der Waals surface area contributed by atoms with Crippen LogP contribution < -0.4 is 5.32 Å². The van der Waals surface area contributed by atoms with Gasteiger partial charge in [0.05, 0.1) is 11.5 Å². The Morgan fingerprint density at radius 3 is 2.68 bits per heavy atom. The van der Waals surface area contributed by atoms with Crippen LogP contribution in [0.2, 0.25) is 0 Å². The molecular formula is C13H17F2NO2S. The van der Waals surface area contributed by atoms with E-state index in [0.717, 1.165) is 6.07 Å². The van der Waals surface area contributed by atoms with Gasteiger partial charge >= 0.3 is 0 Å². The lowest BCUT2D eigenvalue weighted by Gasteiger charge is -2.24. The molecule has 106 valence electrons. The van der Waals surface area contributed by atoms with E-state index in [0.29, 0.717) is 18.5 Å². The van der Waals surface area contributed by atoms with Gasteiger partial charge < -0.3 is 5.32 Å². The van der Waals surface area contributed by atoms with Gasteiger partial charge in [0.15, 0.2) is 9.84 Å². The average molecular weight is 289 g/mol. The lowest BCUT2D eigenvalue weighted by Crippen LogP contribution is -2.29. The van der Waals surface area contributed by atoms with Crippen LogP contribution in [0.5, 0.6) is 0 Å². The van der Waals surface area contributed by atoms with Crippen molar-refractivity contribution >= 4 is 9.84 Å². The molecule has 1 aliphatic rings. The Labute approximate surface area is 111 Å². The van der Waals surface area contributed by atoms with Crippen LogP contribution in [0, 0.1) is 17.6 Å². The molecule has 2 atom stereocenters. The van der Waals surface area contributed by atoms with Crippen molar-refractivity contribution in [2.24, 2.45) is 5.92 Å². The van der Waals surface area contributed by atoms with Crippen molar-refractivity contribution in [1.29, 1.82) is 0 Å². The van der Waals surface area contributed by atoms with E-state index in [4.69, 9.17) is 0 Å². The molecule has 6 heteroatoms. The molecule has 0 saturated carbocycles. The van der Waals surface area contributed by atoms with Crippen LogP contribution in [0.15, 0.2) is 18.2 Å². The second-order valence-electron chi connectivity index (χ2n) is 4.86. The number of rotatable bonds is 4. The monoisotopic (exact) mass is 289 g/mol. The molecule has 19 heavy (non-hydrogen) atoms. The third kappa shape index (κ3) is 3.30. The quantitative estimate of drug-likeness (QED) is 0.923. The highest BCUT2D eigenvalue weighted by Gasteiger charge is 2.35. The Balaban J connectivity index is 2.30. The molecule has 0 radical (unpaired) electrons. The average Bonchev–Trinajstić information content (AvgIpc) is 2.67. The normalized spacial score (nSPS) is 23.4. The van der Waals surface area contributed by atoms with E-state index in [1.165, 1.54) is 12.1 Å². The van der Waals surface area contributed by atoms with Gasteiger partial charge in [-0.1, -0.05) is 13.0 Å². The Kier molecular flexibility index (Phi) is 4.20. The van der Waals surface area contributed by atoms with Gasteiger partial charge in [0.1, 0.15) is 11.6 Å². The topological polar surface area (TPSA) is 46.2 Å². The highest BCUT2D eigenvalue weighted by atomic mass is 32.2. The Bertz CT molecular complexity index is 560. The number of hydrogen-bond acceptors (Lipinski definition) is 3. The van der Waals surface area contributed by atoms with Gasteiger partial charge in [-0.25, -0.2) is 17.2 Å². The molecule has 1 heterocycles. The minimum Gasteiger partial charge on any atom is -0.310 e. The molecule has 1 aromatic rings. The maximum atomic E-state index is 13.8. The summed E-state index contributed by atoms with van der Waals surface area (Å²) in [5, 5.41) is 3.11. The number of halogens is 2. The fraction of sp³-hybridized carbons (Fsp3) is 0.538. The summed E-state index contributed by atoms with van der Waals surface area (Å²) in [6.07, 6.45) is 0.511. The smallest absolute Gasteiger partial charge is 0.150 e. The predicted molar refractivity (Wildman–Crippen MR) is 69.5 cm³/mol. The zero-order valence-electron chi connectivity index (χ0n) is 10.7. The maximum Gasteiger partial charge on any atom is 0.150 e. The van der Waals surface area contributed by atoms with E-state index >= 15 is 0 Å². The molecule has 1 aliphatic heterocycles. The second kappa shape index (κ2) is 5.54. The summed E-state index contributed by atoms with van der Waals surface area (Å²) in [6, 6.07) is 3.04. The Morgan fingerprint density at radius 2 is 2.16 bits per heavy atom. The van der Waals surface area contributed by atoms with Gasteiger partial charge in [-0.3, -0.25) is 0 Å². The molecule has 2 rings (SSSR count). The lowest BCUT2D eigenvalue weighted by atomic mass is 9.92. The molecule has 1 saturated heterocycles. The number of hydrogen-bond donors (Lipinski definition) is 1. The largest absolute Gasteiger partial charge is 0.310 e. The molecule has 0 aromatic heterocycles. The zero-order chi connectivity index (χ0) is 14.0. The van der Waals surface area contributed by atoms with Crippen molar-refractivity contribution in [3.63, 3.8) is 0 Å². The summed E-state index contributed by atoms with van der Waals surface area (Å²) in [7, 11) is -3.02. The summed E-state index contributed by atoms with van der Waals surface area (Å²) in [4.78, 5) is 0. The molecule has 0 bridgehead atoms. The summed E-state index contributed by atoms with van der Waals surface area (Å²) in [6.45, 7) is 2.47. The third-order valence-corrected chi connectivity index (χ3v) is 5.25. The SMILES string of the molecule is CCNC(c1ccc(F)cc1F)C1CCS(=O)(=O)C1. The van der Waals surface area contributed by atoms with Crippen molar-refractivity contribution in [2.75, 3.05) is 18.1 Å². The van der Waals surface area contributed by atoms with Crippen LogP contribution in [0.25, 0.3) is 0 Å². The summed E-state index contributed by atoms with van der Waals surface area (Å²) in [5.41, 5.74) is 0.338. The lowest BCUT2D eigenvalue weighted by molar-refractivity contribution is 0.385. The minimum absolute atomic E-state index is 0.0570. The number of benzene rings is 1. The van der Waals surface area contributed by atoms with Gasteiger partial charge in [-0.15, -0.1) is 0 Å². The first-order chi connectivity index (χ1) is 8.93. The van der Waals surface area contributed by atoms with E-state index < -0.39 is 21.5 Å². The van der Waals surface area contributed by atoms with Gasteiger partial charge in [0.2, 0.25) is 0 Å². The molecule has 1 N–H and O–H groups in total. The van der Waals surface area contributed by atoms with Crippen LogP contribution >= 0.6 is 0 Å². The second-order valence-corrected chi connectivity index (χ2v) is 7.09. The van der Waals surface area contributed by atoms with Crippen LogP contribution in [0.3, 0.4) is 0 Å². The molecule has 1 fully saturated rings. The van der Waals surface area contributed by atoms with Crippen molar-refractivity contribution < 1.29 is 17.2 Å². The standard InChI is InChI=1S/C13H17F2NO2S/c1-2-16-13(9-5-6-19(17,18)8-9)11-4-3-10(14)7-12(11)15/h3-4,7,9,13,16H,2,5-6,8H2,1H3. The van der Waals surface area contributed by atoms with E-state index in [1.807, 2.05) is 6.92 Å². The van der Waals surface area contributed by atoms with Crippen LogP contribution in [0.1, 0.15) is 24.9 Å². The molecule has 2 unspecified atom stereocenters. The summed E-state index contributed by atoms with van der Waals surface area (Å²) < 4.78 is 49.9. The molecule has 3 nitrogen and oxygen atoms in total. The molecule has 0 amide bonds. The summed E-state index contributed by atoms with van der Waals surface area (Å²) in [5.74, 6) is -1.22. The first kappa shape index (κ1) is 14.4. The molecule has 1 aromatic carbocycles. The van der Waals surface area contributed by atoms with Gasteiger partial charge in [0.25, 0.3) is 0 Å². The van der Waals surface area contributed by atoms with Crippen LogP contribution in [-0.2, 0) is 9.84 Å². The first-order valence-electron chi connectivity index (χ1n) is 6.31. The van der Waals surface area contributed by atoms with E-state index in [9.17, 15) is 17.2 Å². The first-order valence-corrected chi connectivity index (χ1v) is 8.14. The molecule has 0 spiro atoms. The van der Waals surface area contributed by atoms with Crippen molar-refractivity contribution in [3.8, 4) is 0 Å². The predicted octanol–water partition coefficient (Wildman–Crippen LogP) is 2.05. The minimum atomic E-state index is -3.02. The van der Waals surface area contributed by atoms with E-state index in [2.05, 4.69) is 5.32 Å². The zero-order valence-corrected chi connectivity index (χ0v) is 11.5. The van der Waals surface area contributed by atoms with Crippen molar-refractivity contribution in [1.82, 2.24) is 5.32 Å². The maximum absolute atomic E-state index is 13.8. The summed E-state index contributed by atoms with van der Waals surface area (Å²) >= 11 is 0. The van der Waals surface area contributed by atoms with Crippen LogP contribution in [0.4, 0.5) is 8.78 Å². The van der Waals surface area contributed by atoms with Crippen molar-refractivity contribution in [2.45, 2.75) is 19.4 Å². The van der Waals surface area contributed by atoms with Crippen LogP contribution in [-0.4, -0.2) is 26.5 Å². The number of sulfone groups is 1. The van der Waals surface area contributed by atoms with Gasteiger partial charge in [0, 0.05) is 17.7 Å². The fourth-order valence-electron chi connectivity index (χ4n) is 2.59. The highest BCUT2D eigenvalue weighted by molar-refractivity contribution is 7.91.